The van der Waals surface area contributed by atoms with Gasteiger partial charge in [-0.1, -0.05) is 71.8 Å². The zero-order valence-corrected chi connectivity index (χ0v) is 42.7. The molecule has 5 aliphatic carbocycles. The number of amides is 1. The van der Waals surface area contributed by atoms with E-state index in [0.29, 0.717) is 85.3 Å². The zero-order chi connectivity index (χ0) is 45.8. The van der Waals surface area contributed by atoms with Crippen molar-refractivity contribution >= 4 is 44.7 Å². The average molecular weight is 998 g/mol. The predicted octanol–water partition coefficient (Wildman–Crippen LogP) is 9.81. The standard InChI is InChI=1S/C47H85NO13P2S2/c49-36-41(61-63(53)59-26-8-2-4-10-34-65-64-33-9-3-1-7-25-58-62(52)47(51)21-5-6-22-47)37-57-32-31-56-30-29-55-28-27-54-24-12-23-48-46(50)60-40-17-20-43-39(35-40)16-19-44-42-14-11-13-38(42)15-18-45(43)44/h16,38,40-45,49,51-53H,1-15,17-37H2,(H,48,50)/t38?,40-,41?,42?,43?,44?,45?,62?,63?/m0/s1. The lowest BCUT2D eigenvalue weighted by molar-refractivity contribution is -0.0240. The van der Waals surface area contributed by atoms with Crippen LogP contribution < -0.4 is 5.32 Å². The summed E-state index contributed by atoms with van der Waals surface area (Å²) >= 11 is 0. The number of nitrogens with one attached hydrogen (secondary N) is 1. The molecule has 0 heterocycles. The number of carbonyl (C=O) groups is 1. The average Bonchev–Trinajstić information content (AvgIpc) is 3.99. The molecule has 4 saturated carbocycles. The number of aliphatic hydroxyl groups excluding tert-OH is 1. The van der Waals surface area contributed by atoms with Crippen LogP contribution in [0.25, 0.3) is 0 Å². The van der Waals surface area contributed by atoms with E-state index in [4.69, 9.17) is 37.3 Å². The second kappa shape index (κ2) is 33.7. The number of aliphatic hydroxyl groups is 2. The predicted molar refractivity (Wildman–Crippen MR) is 261 cm³/mol. The molecule has 0 aliphatic heterocycles. The summed E-state index contributed by atoms with van der Waals surface area (Å²) in [5, 5.41) is 21.9. The molecule has 5 aliphatic rings. The quantitative estimate of drug-likeness (QED) is 0.0171. The highest BCUT2D eigenvalue weighted by atomic mass is 33.1. The lowest BCUT2D eigenvalue weighted by Gasteiger charge is -2.49. The first-order valence-corrected chi connectivity index (χ1v) is 30.1. The van der Waals surface area contributed by atoms with Crippen molar-refractivity contribution in [2.45, 2.75) is 159 Å². The minimum absolute atomic E-state index is 0.00850. The van der Waals surface area contributed by atoms with Crippen LogP contribution in [0.2, 0.25) is 0 Å². The normalized spacial score (nSPS) is 26.2. The van der Waals surface area contributed by atoms with Gasteiger partial charge in [0.15, 0.2) is 0 Å². The van der Waals surface area contributed by atoms with Crippen molar-refractivity contribution < 1.29 is 62.0 Å². The van der Waals surface area contributed by atoms with Gasteiger partial charge in [0.25, 0.3) is 0 Å². The molecule has 0 aromatic carbocycles. The van der Waals surface area contributed by atoms with Gasteiger partial charge in [-0.3, -0.25) is 0 Å². The van der Waals surface area contributed by atoms with Crippen molar-refractivity contribution in [1.29, 1.82) is 0 Å². The molecule has 0 saturated heterocycles. The molecule has 0 bridgehead atoms. The van der Waals surface area contributed by atoms with Gasteiger partial charge in [-0.05, 0) is 126 Å². The van der Waals surface area contributed by atoms with Gasteiger partial charge in [0.1, 0.15) is 17.6 Å². The lowest BCUT2D eigenvalue weighted by atomic mass is 9.57. The number of carbonyl (C=O) groups excluding carboxylic acids is 1. The molecule has 65 heavy (non-hydrogen) atoms. The van der Waals surface area contributed by atoms with E-state index >= 15 is 0 Å². The van der Waals surface area contributed by atoms with Crippen molar-refractivity contribution in [3.63, 3.8) is 0 Å². The molecule has 4 fully saturated rings. The number of allylic oxidation sites excluding steroid dienone is 1. The Kier molecular flexibility index (Phi) is 29.0. The van der Waals surface area contributed by atoms with Crippen molar-refractivity contribution in [3.05, 3.63) is 11.6 Å². The van der Waals surface area contributed by atoms with Gasteiger partial charge in [0.05, 0.1) is 66.1 Å². The van der Waals surface area contributed by atoms with E-state index in [2.05, 4.69) is 11.4 Å². The highest BCUT2D eigenvalue weighted by Crippen LogP contribution is 2.57. The van der Waals surface area contributed by atoms with Crippen LogP contribution in [0.1, 0.15) is 141 Å². The maximum absolute atomic E-state index is 12.5. The third kappa shape index (κ3) is 21.6. The molecule has 0 aromatic rings. The molecule has 9 atom stereocenters. The van der Waals surface area contributed by atoms with Gasteiger partial charge in [-0.15, -0.1) is 0 Å². The molecule has 5 N–H and O–H groups in total. The molecule has 18 heteroatoms. The fraction of sp³-hybridized carbons (Fsp3) is 0.936. The van der Waals surface area contributed by atoms with Gasteiger partial charge < -0.3 is 62.6 Å². The third-order valence-electron chi connectivity index (χ3n) is 14.0. The Morgan fingerprint density at radius 2 is 1.37 bits per heavy atom. The van der Waals surface area contributed by atoms with Crippen molar-refractivity contribution in [3.8, 4) is 0 Å². The van der Waals surface area contributed by atoms with Crippen LogP contribution in [-0.4, -0.2) is 134 Å². The Hall–Kier alpha value is 0.130. The number of hydrogen-bond acceptors (Lipinski definition) is 15. The second-order valence-corrected chi connectivity index (χ2v) is 23.9. The number of alkyl carbamates (subject to hydrolysis) is 1. The van der Waals surface area contributed by atoms with E-state index in [9.17, 15) is 24.8 Å². The number of ether oxygens (including phenoxy) is 5. The van der Waals surface area contributed by atoms with Crippen LogP contribution in [0.15, 0.2) is 11.6 Å². The molecule has 5 rings (SSSR count). The van der Waals surface area contributed by atoms with Crippen LogP contribution in [0, 0.1) is 29.6 Å². The summed E-state index contributed by atoms with van der Waals surface area (Å²) in [7, 11) is 0.0401. The Morgan fingerprint density at radius 3 is 2.08 bits per heavy atom. The first kappa shape index (κ1) is 56.0. The summed E-state index contributed by atoms with van der Waals surface area (Å²) in [5.74, 6) is 6.70. The SMILES string of the molecule is O=C(NCCCOCCOCCOCCOCC(CO)OP(O)OCCCCCCSSCCCCCCOP(O)C1(O)CCCC1)O[C@H]1CCC2C(=CCC3C4CCCC4CCC23)C1. The highest BCUT2D eigenvalue weighted by molar-refractivity contribution is 8.76. The van der Waals surface area contributed by atoms with E-state index in [0.717, 1.165) is 118 Å². The van der Waals surface area contributed by atoms with E-state index in [1.807, 2.05) is 21.6 Å². The Morgan fingerprint density at radius 1 is 0.708 bits per heavy atom. The minimum atomic E-state index is -2.08. The topological polar surface area (TPSA) is 184 Å². The Bertz CT molecular complexity index is 1290. The summed E-state index contributed by atoms with van der Waals surface area (Å²) < 4.78 is 44.5. The molecule has 0 aromatic heterocycles. The maximum atomic E-state index is 12.5. The van der Waals surface area contributed by atoms with Gasteiger partial charge in [-0.2, -0.15) is 0 Å². The number of fused-ring (bicyclic) bond motifs is 5. The molecule has 378 valence electrons. The van der Waals surface area contributed by atoms with Gasteiger partial charge in [0.2, 0.25) is 8.38 Å². The fourth-order valence-corrected chi connectivity index (χ4v) is 14.8. The highest BCUT2D eigenvalue weighted by Gasteiger charge is 2.47. The molecule has 0 spiro atoms. The smallest absolute Gasteiger partial charge is 0.407 e. The maximum Gasteiger partial charge on any atom is 0.407 e. The third-order valence-corrected chi connectivity index (χ3v) is 19.0. The summed E-state index contributed by atoms with van der Waals surface area (Å²) in [6.45, 7) is 4.30. The Labute approximate surface area is 401 Å². The molecular formula is C47H85NO13P2S2. The molecule has 14 nitrogen and oxygen atoms in total. The van der Waals surface area contributed by atoms with Crippen molar-refractivity contribution in [2.24, 2.45) is 29.6 Å². The second-order valence-electron chi connectivity index (χ2n) is 18.6. The summed E-state index contributed by atoms with van der Waals surface area (Å²) in [5.41, 5.74) is 1.56. The summed E-state index contributed by atoms with van der Waals surface area (Å²) in [4.78, 5) is 32.8. The van der Waals surface area contributed by atoms with E-state index in [-0.39, 0.29) is 25.4 Å². The van der Waals surface area contributed by atoms with Crippen molar-refractivity contribution in [2.75, 3.05) is 90.7 Å². The van der Waals surface area contributed by atoms with Crippen LogP contribution in [0.3, 0.4) is 0 Å². The first-order valence-electron chi connectivity index (χ1n) is 25.3. The zero-order valence-electron chi connectivity index (χ0n) is 39.2. The first-order chi connectivity index (χ1) is 31.9. The van der Waals surface area contributed by atoms with Gasteiger partial charge >= 0.3 is 14.7 Å². The largest absolute Gasteiger partial charge is 0.446 e. The number of hydrogen-bond donors (Lipinski definition) is 5. The molecule has 1 amide bonds. The molecule has 0 radical (unpaired) electrons. The fourth-order valence-electron chi connectivity index (χ4n) is 10.6. The number of unbranched alkanes of at least 4 members (excludes halogenated alkanes) is 6. The van der Waals surface area contributed by atoms with Gasteiger partial charge in [0, 0.05) is 31.1 Å². The minimum Gasteiger partial charge on any atom is -0.446 e. The van der Waals surface area contributed by atoms with Crippen LogP contribution in [0.5, 0.6) is 0 Å². The number of rotatable bonds is 37. The summed E-state index contributed by atoms with van der Waals surface area (Å²) in [6, 6.07) is 0. The summed E-state index contributed by atoms with van der Waals surface area (Å²) in [6.07, 6.45) is 25.4. The van der Waals surface area contributed by atoms with E-state index in [1.165, 1.54) is 44.9 Å². The van der Waals surface area contributed by atoms with Crippen LogP contribution >= 0.6 is 38.6 Å². The molecular weight excluding hydrogens is 913 g/mol. The Balaban J connectivity index is 0.708. The lowest BCUT2D eigenvalue weighted by Crippen LogP contribution is -2.42. The van der Waals surface area contributed by atoms with Crippen LogP contribution in [-0.2, 0) is 37.3 Å². The molecule has 8 unspecified atom stereocenters. The van der Waals surface area contributed by atoms with E-state index < -0.39 is 28.4 Å². The van der Waals surface area contributed by atoms with Crippen molar-refractivity contribution in [1.82, 2.24) is 5.32 Å². The van der Waals surface area contributed by atoms with Crippen LogP contribution in [0.4, 0.5) is 4.79 Å². The van der Waals surface area contributed by atoms with Gasteiger partial charge in [-0.25, -0.2) is 4.79 Å². The van der Waals surface area contributed by atoms with E-state index in [1.54, 1.807) is 5.57 Å². The monoisotopic (exact) mass is 997 g/mol.